The number of nitrogens with zero attached hydrogens (tertiary/aromatic N) is 1. The number of pyridine rings is 1. The maximum absolute atomic E-state index is 13.4. The summed E-state index contributed by atoms with van der Waals surface area (Å²) in [5.41, 5.74) is 0. The quantitative estimate of drug-likeness (QED) is 0.785. The Labute approximate surface area is 110 Å². The maximum Gasteiger partial charge on any atom is 0.304 e. The molecule has 6 nitrogen and oxygen atoms in total. The lowest BCUT2D eigenvalue weighted by Crippen LogP contribution is -2.37. The van der Waals surface area contributed by atoms with E-state index in [1.165, 1.54) is 6.07 Å². The number of carboxylic acid groups (broad SMARTS) is 1. The van der Waals surface area contributed by atoms with Crippen LogP contribution in [-0.2, 0) is 14.8 Å². The van der Waals surface area contributed by atoms with Crippen molar-refractivity contribution in [3.8, 4) is 0 Å². The zero-order chi connectivity index (χ0) is 14.5. The summed E-state index contributed by atoms with van der Waals surface area (Å²) >= 11 is 0. The van der Waals surface area contributed by atoms with Gasteiger partial charge in [-0.05, 0) is 18.6 Å². The van der Waals surface area contributed by atoms with E-state index in [-0.39, 0.29) is 6.42 Å². The molecule has 0 saturated carbocycles. The average molecular weight is 290 g/mol. The molecule has 0 aliphatic carbocycles. The number of aromatic nitrogens is 1. The van der Waals surface area contributed by atoms with E-state index < -0.39 is 32.9 Å². The number of carbonyl (C=O) groups is 1. The van der Waals surface area contributed by atoms with Gasteiger partial charge in [0.25, 0.3) is 10.0 Å². The molecular weight excluding hydrogens is 275 g/mol. The van der Waals surface area contributed by atoms with Gasteiger partial charge in [0, 0.05) is 12.2 Å². The second kappa shape index (κ2) is 6.58. The van der Waals surface area contributed by atoms with Gasteiger partial charge in [-0.1, -0.05) is 13.3 Å². The van der Waals surface area contributed by atoms with Gasteiger partial charge in [0.1, 0.15) is 0 Å². The molecule has 8 heteroatoms. The summed E-state index contributed by atoms with van der Waals surface area (Å²) in [6, 6.07) is 1.47. The van der Waals surface area contributed by atoms with Crippen molar-refractivity contribution in [3.63, 3.8) is 0 Å². The van der Waals surface area contributed by atoms with Crippen molar-refractivity contribution in [3.05, 3.63) is 24.1 Å². The van der Waals surface area contributed by atoms with Gasteiger partial charge in [-0.2, -0.15) is 0 Å². The molecule has 0 saturated heterocycles. The van der Waals surface area contributed by atoms with E-state index in [4.69, 9.17) is 5.11 Å². The average Bonchev–Trinajstić information content (AvgIpc) is 2.28. The number of aliphatic carboxylic acids is 1. The number of carboxylic acids is 1. The highest BCUT2D eigenvalue weighted by Gasteiger charge is 2.25. The Hall–Kier alpha value is -1.54. The molecule has 1 aromatic heterocycles. The van der Waals surface area contributed by atoms with E-state index in [2.05, 4.69) is 9.71 Å². The molecule has 0 fully saturated rings. The molecule has 2 N–H and O–H groups in total. The van der Waals surface area contributed by atoms with Crippen molar-refractivity contribution in [2.45, 2.75) is 37.3 Å². The first-order valence-electron chi connectivity index (χ1n) is 5.71. The first kappa shape index (κ1) is 15.5. The predicted octanol–water partition coefficient (Wildman–Crippen LogP) is 1.14. The zero-order valence-corrected chi connectivity index (χ0v) is 11.2. The van der Waals surface area contributed by atoms with Crippen LogP contribution >= 0.6 is 0 Å². The molecule has 1 atom stereocenters. The minimum absolute atomic E-state index is 0.347. The van der Waals surface area contributed by atoms with E-state index >= 15 is 0 Å². The molecule has 106 valence electrons. The SMILES string of the molecule is CCCC(CC(=O)O)NS(=O)(=O)c1ncccc1F. The standard InChI is InChI=1S/C11H15FN2O4S/c1-2-4-8(7-10(15)16)14-19(17,18)11-9(12)5-3-6-13-11/h3,5-6,8,14H,2,4,7H2,1H3,(H,15,16). The number of hydrogen-bond donors (Lipinski definition) is 2. The summed E-state index contributed by atoms with van der Waals surface area (Å²) in [6.45, 7) is 1.80. The maximum atomic E-state index is 13.4. The van der Waals surface area contributed by atoms with Crippen LogP contribution in [0.1, 0.15) is 26.2 Å². The number of nitrogens with one attached hydrogen (secondary N) is 1. The van der Waals surface area contributed by atoms with Gasteiger partial charge < -0.3 is 5.11 Å². The smallest absolute Gasteiger partial charge is 0.304 e. The largest absolute Gasteiger partial charge is 0.481 e. The molecule has 1 unspecified atom stereocenters. The van der Waals surface area contributed by atoms with Gasteiger partial charge in [0.05, 0.1) is 6.42 Å². The predicted molar refractivity (Wildman–Crippen MR) is 65.5 cm³/mol. The number of sulfonamides is 1. The molecule has 0 aliphatic heterocycles. The van der Waals surface area contributed by atoms with Crippen LogP contribution in [-0.4, -0.2) is 30.5 Å². The summed E-state index contributed by atoms with van der Waals surface area (Å²) in [7, 11) is -4.16. The van der Waals surface area contributed by atoms with E-state index in [1.807, 2.05) is 0 Å². The Morgan fingerprint density at radius 1 is 1.58 bits per heavy atom. The molecule has 0 radical (unpaired) electrons. The van der Waals surface area contributed by atoms with Crippen molar-refractivity contribution in [2.75, 3.05) is 0 Å². The number of rotatable bonds is 7. The zero-order valence-electron chi connectivity index (χ0n) is 10.3. The Morgan fingerprint density at radius 3 is 2.79 bits per heavy atom. The summed E-state index contributed by atoms with van der Waals surface area (Å²) in [5.74, 6) is -2.09. The highest BCUT2D eigenvalue weighted by Crippen LogP contribution is 2.12. The van der Waals surface area contributed by atoms with Crippen LogP contribution in [0.4, 0.5) is 4.39 Å². The first-order valence-corrected chi connectivity index (χ1v) is 7.19. The van der Waals surface area contributed by atoms with Crippen molar-refractivity contribution < 1.29 is 22.7 Å². The van der Waals surface area contributed by atoms with Gasteiger partial charge in [-0.3, -0.25) is 4.79 Å². The number of hydrogen-bond acceptors (Lipinski definition) is 4. The second-order valence-corrected chi connectivity index (χ2v) is 5.62. The molecule has 1 heterocycles. The first-order chi connectivity index (χ1) is 8.86. The summed E-state index contributed by atoms with van der Waals surface area (Å²) in [4.78, 5) is 14.1. The minimum Gasteiger partial charge on any atom is -0.481 e. The number of halogens is 1. The lowest BCUT2D eigenvalue weighted by Gasteiger charge is -2.15. The molecule has 0 amide bonds. The Bertz CT molecular complexity index is 547. The van der Waals surface area contributed by atoms with Crippen LogP contribution in [0.2, 0.25) is 0 Å². The van der Waals surface area contributed by atoms with Crippen LogP contribution in [0, 0.1) is 5.82 Å². The van der Waals surface area contributed by atoms with Gasteiger partial charge in [-0.25, -0.2) is 22.5 Å². The normalized spacial score (nSPS) is 13.2. The van der Waals surface area contributed by atoms with Crippen molar-refractivity contribution in [2.24, 2.45) is 0 Å². The lowest BCUT2D eigenvalue weighted by molar-refractivity contribution is -0.137. The molecule has 19 heavy (non-hydrogen) atoms. The van der Waals surface area contributed by atoms with Crippen LogP contribution in [0.15, 0.2) is 23.4 Å². The minimum atomic E-state index is -4.16. The van der Waals surface area contributed by atoms with Gasteiger partial charge in [-0.15, -0.1) is 0 Å². The fraction of sp³-hybridized carbons (Fsp3) is 0.455. The summed E-state index contributed by atoms with van der Waals surface area (Å²) in [5, 5.41) is 7.99. The third kappa shape index (κ3) is 4.56. The van der Waals surface area contributed by atoms with E-state index in [0.717, 1.165) is 12.3 Å². The molecule has 0 aromatic carbocycles. The van der Waals surface area contributed by atoms with Crippen LogP contribution < -0.4 is 4.72 Å². The Morgan fingerprint density at radius 2 is 2.26 bits per heavy atom. The highest BCUT2D eigenvalue weighted by molar-refractivity contribution is 7.89. The fourth-order valence-electron chi connectivity index (χ4n) is 1.61. The van der Waals surface area contributed by atoms with Crippen molar-refractivity contribution in [1.29, 1.82) is 0 Å². The second-order valence-electron chi connectivity index (χ2n) is 4.00. The Balaban J connectivity index is 2.94. The Kier molecular flexibility index (Phi) is 5.37. The van der Waals surface area contributed by atoms with Crippen LogP contribution in [0.5, 0.6) is 0 Å². The molecule has 0 bridgehead atoms. The topological polar surface area (TPSA) is 96.4 Å². The fourth-order valence-corrected chi connectivity index (χ4v) is 2.88. The molecule has 1 aromatic rings. The van der Waals surface area contributed by atoms with Crippen molar-refractivity contribution in [1.82, 2.24) is 9.71 Å². The van der Waals surface area contributed by atoms with E-state index in [9.17, 15) is 17.6 Å². The molecule has 0 spiro atoms. The lowest BCUT2D eigenvalue weighted by atomic mass is 10.1. The molecule has 1 rings (SSSR count). The van der Waals surface area contributed by atoms with E-state index in [0.29, 0.717) is 12.8 Å². The van der Waals surface area contributed by atoms with Gasteiger partial charge in [0.2, 0.25) is 5.03 Å². The van der Waals surface area contributed by atoms with Gasteiger partial charge in [0.15, 0.2) is 5.82 Å². The highest BCUT2D eigenvalue weighted by atomic mass is 32.2. The van der Waals surface area contributed by atoms with Crippen LogP contribution in [0.3, 0.4) is 0 Å². The summed E-state index contributed by atoms with van der Waals surface area (Å²) < 4.78 is 39.4. The third-order valence-electron chi connectivity index (χ3n) is 2.36. The van der Waals surface area contributed by atoms with Crippen molar-refractivity contribution >= 4 is 16.0 Å². The third-order valence-corrected chi connectivity index (χ3v) is 3.81. The molecule has 0 aliphatic rings. The summed E-state index contributed by atoms with van der Waals surface area (Å²) in [6.07, 6.45) is 1.75. The van der Waals surface area contributed by atoms with E-state index in [1.54, 1.807) is 6.92 Å². The van der Waals surface area contributed by atoms with Crippen LogP contribution in [0.25, 0.3) is 0 Å². The monoisotopic (exact) mass is 290 g/mol. The molecular formula is C11H15FN2O4S. The van der Waals surface area contributed by atoms with Gasteiger partial charge >= 0.3 is 5.97 Å².